The lowest BCUT2D eigenvalue weighted by atomic mass is 10.2. The van der Waals surface area contributed by atoms with Gasteiger partial charge in [0.1, 0.15) is 17.1 Å². The van der Waals surface area contributed by atoms with Gasteiger partial charge in [0, 0.05) is 6.54 Å². The fraction of sp³-hybridized carbons (Fsp3) is 0.263. The third-order valence-corrected chi connectivity index (χ3v) is 3.59. The summed E-state index contributed by atoms with van der Waals surface area (Å²) in [5.41, 5.74) is 1.16. The molecule has 1 amide bonds. The zero-order valence-electron chi connectivity index (χ0n) is 14.4. The van der Waals surface area contributed by atoms with E-state index < -0.39 is 12.1 Å². The molecule has 0 saturated carbocycles. The number of ether oxygens (including phenoxy) is 3. The van der Waals surface area contributed by atoms with Gasteiger partial charge >= 0.3 is 5.97 Å². The molecule has 1 atom stereocenters. The normalized spacial score (nSPS) is 11.3. The van der Waals surface area contributed by atoms with Crippen molar-refractivity contribution in [2.45, 2.75) is 19.6 Å². The fourth-order valence-corrected chi connectivity index (χ4v) is 2.18. The highest BCUT2D eigenvalue weighted by molar-refractivity contribution is 5.95. The highest BCUT2D eigenvalue weighted by Crippen LogP contribution is 2.25. The van der Waals surface area contributed by atoms with E-state index in [1.165, 1.54) is 27.2 Å². The second-order valence-corrected chi connectivity index (χ2v) is 5.32. The van der Waals surface area contributed by atoms with Crippen LogP contribution in [0, 0.1) is 0 Å². The maximum absolute atomic E-state index is 12.3. The molecule has 0 aliphatic rings. The minimum absolute atomic E-state index is 0.199. The molecule has 132 valence electrons. The molecule has 25 heavy (non-hydrogen) atoms. The van der Waals surface area contributed by atoms with Crippen LogP contribution in [0.5, 0.6) is 11.5 Å². The average molecular weight is 343 g/mol. The van der Waals surface area contributed by atoms with Crippen molar-refractivity contribution in [3.8, 4) is 11.5 Å². The Labute approximate surface area is 146 Å². The van der Waals surface area contributed by atoms with Gasteiger partial charge in [-0.15, -0.1) is 0 Å². The van der Waals surface area contributed by atoms with Crippen LogP contribution in [0.2, 0.25) is 0 Å². The first-order chi connectivity index (χ1) is 12.0. The molecular weight excluding hydrogens is 322 g/mol. The van der Waals surface area contributed by atoms with E-state index in [0.717, 1.165) is 5.56 Å². The Balaban J connectivity index is 1.98. The molecule has 6 nitrogen and oxygen atoms in total. The molecule has 0 saturated heterocycles. The number of hydrogen-bond donors (Lipinski definition) is 1. The molecule has 0 heterocycles. The molecule has 0 aliphatic carbocycles. The Morgan fingerprint density at radius 1 is 1.04 bits per heavy atom. The summed E-state index contributed by atoms with van der Waals surface area (Å²) in [5, 5.41) is 2.73. The van der Waals surface area contributed by atoms with Crippen molar-refractivity contribution in [2.24, 2.45) is 0 Å². The van der Waals surface area contributed by atoms with Crippen LogP contribution in [0.1, 0.15) is 22.8 Å². The van der Waals surface area contributed by atoms with Crippen molar-refractivity contribution in [3.05, 3.63) is 59.7 Å². The van der Waals surface area contributed by atoms with E-state index >= 15 is 0 Å². The van der Waals surface area contributed by atoms with Crippen molar-refractivity contribution in [2.75, 3.05) is 14.2 Å². The number of hydrogen-bond acceptors (Lipinski definition) is 5. The van der Waals surface area contributed by atoms with Crippen molar-refractivity contribution in [1.29, 1.82) is 0 Å². The van der Waals surface area contributed by atoms with E-state index in [1.807, 2.05) is 30.3 Å². The molecule has 0 unspecified atom stereocenters. The summed E-state index contributed by atoms with van der Waals surface area (Å²) in [4.78, 5) is 24.5. The number of methoxy groups -OCH3 is 2. The van der Waals surface area contributed by atoms with Gasteiger partial charge in [-0.25, -0.2) is 4.79 Å². The van der Waals surface area contributed by atoms with E-state index in [0.29, 0.717) is 18.0 Å². The molecule has 0 fully saturated rings. The average Bonchev–Trinajstić information content (AvgIpc) is 2.66. The lowest BCUT2D eigenvalue weighted by Crippen LogP contribution is -2.35. The zero-order valence-corrected chi connectivity index (χ0v) is 14.4. The van der Waals surface area contributed by atoms with E-state index in [1.54, 1.807) is 12.1 Å². The third-order valence-electron chi connectivity index (χ3n) is 3.59. The van der Waals surface area contributed by atoms with E-state index in [9.17, 15) is 9.59 Å². The predicted octanol–water partition coefficient (Wildman–Crippen LogP) is 2.57. The Morgan fingerprint density at radius 3 is 2.40 bits per heavy atom. The quantitative estimate of drug-likeness (QED) is 0.782. The number of carbonyl (C=O) groups excluding carboxylic acids is 2. The minimum Gasteiger partial charge on any atom is -0.497 e. The van der Waals surface area contributed by atoms with Crippen LogP contribution < -0.4 is 14.8 Å². The molecule has 0 aromatic heterocycles. The van der Waals surface area contributed by atoms with Gasteiger partial charge in [0.25, 0.3) is 5.91 Å². The van der Waals surface area contributed by atoms with Gasteiger partial charge in [0.2, 0.25) is 0 Å². The first-order valence-corrected chi connectivity index (χ1v) is 7.79. The summed E-state index contributed by atoms with van der Waals surface area (Å²) in [5.74, 6) is -0.186. The summed E-state index contributed by atoms with van der Waals surface area (Å²) in [6.07, 6.45) is -0.938. The van der Waals surface area contributed by atoms with Gasteiger partial charge in [-0.3, -0.25) is 4.79 Å². The lowest BCUT2D eigenvalue weighted by molar-refractivity contribution is -0.129. The van der Waals surface area contributed by atoms with E-state index in [2.05, 4.69) is 5.32 Å². The maximum Gasteiger partial charge on any atom is 0.342 e. The van der Waals surface area contributed by atoms with E-state index in [-0.39, 0.29) is 11.5 Å². The molecule has 0 spiro atoms. The first-order valence-electron chi connectivity index (χ1n) is 7.79. The fourth-order valence-electron chi connectivity index (χ4n) is 2.18. The molecule has 0 radical (unpaired) electrons. The number of nitrogens with one attached hydrogen (secondary N) is 1. The van der Waals surface area contributed by atoms with Gasteiger partial charge in [0.05, 0.1) is 14.2 Å². The van der Waals surface area contributed by atoms with Crippen LogP contribution >= 0.6 is 0 Å². The van der Waals surface area contributed by atoms with Gasteiger partial charge in [-0.05, 0) is 30.7 Å². The molecule has 2 aromatic carbocycles. The summed E-state index contributed by atoms with van der Waals surface area (Å²) < 4.78 is 15.5. The molecule has 0 aliphatic heterocycles. The first kappa shape index (κ1) is 18.3. The summed E-state index contributed by atoms with van der Waals surface area (Å²) >= 11 is 0. The second-order valence-electron chi connectivity index (χ2n) is 5.32. The molecule has 1 N–H and O–H groups in total. The molecule has 2 aromatic rings. The Morgan fingerprint density at radius 2 is 1.76 bits per heavy atom. The molecule has 6 heteroatoms. The number of rotatable bonds is 7. The Kier molecular flexibility index (Phi) is 6.39. The van der Waals surface area contributed by atoms with E-state index in [4.69, 9.17) is 14.2 Å². The number of amides is 1. The van der Waals surface area contributed by atoms with Crippen molar-refractivity contribution >= 4 is 11.9 Å². The largest absolute Gasteiger partial charge is 0.497 e. The molecular formula is C19H21NO5. The second kappa shape index (κ2) is 8.73. The molecule has 0 bridgehead atoms. The SMILES string of the molecule is COc1ccc(OC)c(C(=O)O[C@@H](C)C(=O)NCc2ccccc2)c1. The van der Waals surface area contributed by atoms with Crippen LogP contribution in [0.3, 0.4) is 0 Å². The van der Waals surface area contributed by atoms with Crippen LogP contribution in [0.4, 0.5) is 0 Å². The number of benzene rings is 2. The Hall–Kier alpha value is -3.02. The van der Waals surface area contributed by atoms with Crippen molar-refractivity contribution in [1.82, 2.24) is 5.32 Å². The number of carbonyl (C=O) groups is 2. The van der Waals surface area contributed by atoms with Crippen LogP contribution in [-0.2, 0) is 16.1 Å². The maximum atomic E-state index is 12.3. The standard InChI is InChI=1S/C19H21NO5/c1-13(18(21)20-12-14-7-5-4-6-8-14)25-19(22)16-11-15(23-2)9-10-17(16)24-3/h4-11,13H,12H2,1-3H3,(H,20,21)/t13-/m0/s1. The van der Waals surface area contributed by atoms with Gasteiger partial charge in [-0.1, -0.05) is 30.3 Å². The van der Waals surface area contributed by atoms with Gasteiger partial charge < -0.3 is 19.5 Å². The monoisotopic (exact) mass is 343 g/mol. The predicted molar refractivity (Wildman–Crippen MR) is 92.7 cm³/mol. The minimum atomic E-state index is -0.938. The van der Waals surface area contributed by atoms with Gasteiger partial charge in [0.15, 0.2) is 6.10 Å². The zero-order chi connectivity index (χ0) is 18.2. The van der Waals surface area contributed by atoms with Gasteiger partial charge in [-0.2, -0.15) is 0 Å². The van der Waals surface area contributed by atoms with Crippen LogP contribution in [0.25, 0.3) is 0 Å². The summed E-state index contributed by atoms with van der Waals surface area (Å²) in [6, 6.07) is 14.3. The lowest BCUT2D eigenvalue weighted by Gasteiger charge is -2.15. The topological polar surface area (TPSA) is 73.9 Å². The van der Waals surface area contributed by atoms with Crippen LogP contribution in [-0.4, -0.2) is 32.2 Å². The molecule has 2 rings (SSSR count). The highest BCUT2D eigenvalue weighted by Gasteiger charge is 2.21. The Bertz CT molecular complexity index is 730. The smallest absolute Gasteiger partial charge is 0.342 e. The summed E-state index contributed by atoms with van der Waals surface area (Å²) in [7, 11) is 2.95. The number of esters is 1. The van der Waals surface area contributed by atoms with Crippen LogP contribution in [0.15, 0.2) is 48.5 Å². The third kappa shape index (κ3) is 4.97. The summed E-state index contributed by atoms with van der Waals surface area (Å²) in [6.45, 7) is 1.88. The highest BCUT2D eigenvalue weighted by atomic mass is 16.5. The van der Waals surface area contributed by atoms with Crippen molar-refractivity contribution in [3.63, 3.8) is 0 Å². The van der Waals surface area contributed by atoms with Crippen molar-refractivity contribution < 1.29 is 23.8 Å².